The van der Waals surface area contributed by atoms with Crippen molar-refractivity contribution in [3.05, 3.63) is 35.9 Å². The normalized spacial score (nSPS) is 23.0. The molecule has 41 heavy (non-hydrogen) atoms. The van der Waals surface area contributed by atoms with Crippen molar-refractivity contribution in [2.75, 3.05) is 42.5 Å². The van der Waals surface area contributed by atoms with Crippen LogP contribution in [0.1, 0.15) is 55.8 Å². The van der Waals surface area contributed by atoms with Gasteiger partial charge in [0.15, 0.2) is 5.82 Å². The molecule has 1 atom stereocenters. The number of hydrogen-bond acceptors (Lipinski definition) is 8. The van der Waals surface area contributed by atoms with Crippen LogP contribution in [-0.4, -0.2) is 79.5 Å². The lowest BCUT2D eigenvalue weighted by Crippen LogP contribution is -2.56. The van der Waals surface area contributed by atoms with E-state index in [9.17, 15) is 14.4 Å². The largest absolute Gasteiger partial charge is 0.495 e. The summed E-state index contributed by atoms with van der Waals surface area (Å²) in [5.74, 6) is 1.67. The Balaban J connectivity index is 1.31. The lowest BCUT2D eigenvalue weighted by atomic mass is 9.91. The second kappa shape index (κ2) is 12.2. The van der Waals surface area contributed by atoms with Gasteiger partial charge in [-0.05, 0) is 75.8 Å². The van der Waals surface area contributed by atoms with Gasteiger partial charge in [0.2, 0.25) is 5.91 Å². The van der Waals surface area contributed by atoms with Crippen LogP contribution in [0.25, 0.3) is 0 Å². The monoisotopic (exact) mass is 566 g/mol. The molecule has 5 rings (SSSR count). The number of rotatable bonds is 7. The van der Waals surface area contributed by atoms with Crippen molar-refractivity contribution in [3.8, 4) is 5.75 Å². The first-order chi connectivity index (χ1) is 19.7. The minimum Gasteiger partial charge on any atom is -0.495 e. The van der Waals surface area contributed by atoms with E-state index in [4.69, 9.17) is 19.6 Å². The van der Waals surface area contributed by atoms with Crippen LogP contribution in [0.5, 0.6) is 5.75 Å². The number of nitrogens with zero attached hydrogens (tertiary/aromatic N) is 3. The maximum Gasteiger partial charge on any atom is 0.404 e. The molecule has 0 radical (unpaired) electrons. The van der Waals surface area contributed by atoms with Gasteiger partial charge in [-0.15, -0.1) is 0 Å². The topological polar surface area (TPSA) is 145 Å². The van der Waals surface area contributed by atoms with Gasteiger partial charge in [0.25, 0.3) is 5.91 Å². The molecule has 0 unspecified atom stereocenters. The summed E-state index contributed by atoms with van der Waals surface area (Å²) >= 11 is 0. The summed E-state index contributed by atoms with van der Waals surface area (Å²) in [6.45, 7) is 3.24. The summed E-state index contributed by atoms with van der Waals surface area (Å²) in [5, 5.41) is 17.8. The highest BCUT2D eigenvalue weighted by Crippen LogP contribution is 2.39. The molecule has 4 N–H and O–H groups in total. The van der Waals surface area contributed by atoms with E-state index in [0.717, 1.165) is 24.3 Å². The third kappa shape index (κ3) is 6.17. The fraction of sp³-hybridized carbons (Fsp3) is 0.517. The summed E-state index contributed by atoms with van der Waals surface area (Å²) in [5.41, 5.74) is 1.88. The van der Waals surface area contributed by atoms with Crippen LogP contribution < -0.4 is 30.5 Å². The van der Waals surface area contributed by atoms with Crippen molar-refractivity contribution >= 4 is 40.9 Å². The van der Waals surface area contributed by atoms with E-state index in [-0.39, 0.29) is 36.0 Å². The number of amides is 3. The van der Waals surface area contributed by atoms with E-state index < -0.39 is 6.09 Å². The van der Waals surface area contributed by atoms with E-state index in [1.165, 1.54) is 0 Å². The van der Waals surface area contributed by atoms with Crippen LogP contribution in [0, 0.1) is 0 Å². The Hall–Kier alpha value is -4.06. The van der Waals surface area contributed by atoms with E-state index in [1.54, 1.807) is 37.3 Å². The summed E-state index contributed by atoms with van der Waals surface area (Å²) in [6.07, 6.45) is 3.44. The molecule has 12 heteroatoms. The number of likely N-dealkylation sites (N-methyl/N-ethyl adjacent to an activating group) is 1. The minimum atomic E-state index is -1.02. The predicted octanol–water partition coefficient (Wildman–Crippen LogP) is 3.49. The molecule has 12 nitrogen and oxygen atoms in total. The maximum absolute atomic E-state index is 13.0. The van der Waals surface area contributed by atoms with Gasteiger partial charge >= 0.3 is 6.09 Å². The van der Waals surface area contributed by atoms with Gasteiger partial charge in [-0.3, -0.25) is 9.59 Å². The second-order valence-electron chi connectivity index (χ2n) is 10.9. The molecular formula is C29H38N6O6. The van der Waals surface area contributed by atoms with Crippen molar-refractivity contribution < 1.29 is 29.0 Å². The van der Waals surface area contributed by atoms with E-state index in [1.807, 2.05) is 19.1 Å². The Morgan fingerprint density at radius 2 is 1.71 bits per heavy atom. The van der Waals surface area contributed by atoms with Crippen LogP contribution in [-0.2, 0) is 9.53 Å². The molecule has 1 aliphatic carbocycles. The van der Waals surface area contributed by atoms with Gasteiger partial charge in [0.1, 0.15) is 17.6 Å². The third-order valence-corrected chi connectivity index (χ3v) is 8.27. The fourth-order valence-corrected chi connectivity index (χ4v) is 6.02. The highest BCUT2D eigenvalue weighted by molar-refractivity contribution is 6.04. The van der Waals surface area contributed by atoms with Gasteiger partial charge in [-0.25, -0.2) is 9.78 Å². The van der Waals surface area contributed by atoms with E-state index in [0.29, 0.717) is 61.7 Å². The number of carbonyl (C=O) groups is 3. The average molecular weight is 567 g/mol. The Kier molecular flexibility index (Phi) is 8.48. The molecule has 1 saturated heterocycles. The zero-order valence-corrected chi connectivity index (χ0v) is 23.7. The first-order valence-electron chi connectivity index (χ1n) is 14.1. The molecule has 220 valence electrons. The van der Waals surface area contributed by atoms with Gasteiger partial charge in [0.05, 0.1) is 18.5 Å². The maximum atomic E-state index is 13.0. The Labute approximate surface area is 239 Å². The molecule has 1 aromatic heterocycles. The average Bonchev–Trinajstić information content (AvgIpc) is 2.97. The van der Waals surface area contributed by atoms with Crippen LogP contribution in [0.2, 0.25) is 0 Å². The van der Waals surface area contributed by atoms with Crippen LogP contribution in [0.15, 0.2) is 30.3 Å². The lowest BCUT2D eigenvalue weighted by Gasteiger charge is -2.44. The number of carboxylic acid groups (broad SMARTS) is 1. The Bertz CT molecular complexity index is 1290. The van der Waals surface area contributed by atoms with Crippen molar-refractivity contribution in [3.63, 3.8) is 0 Å². The number of fused-ring (bicyclic) bond motifs is 1. The molecule has 0 spiro atoms. The summed E-state index contributed by atoms with van der Waals surface area (Å²) in [6, 6.07) is 8.68. The van der Waals surface area contributed by atoms with Gasteiger partial charge in [-0.2, -0.15) is 0 Å². The van der Waals surface area contributed by atoms with Gasteiger partial charge in [0, 0.05) is 44.0 Å². The fourth-order valence-electron chi connectivity index (χ4n) is 6.02. The SMILES string of the molecule is COc1cc(C(=O)NC2CCC(NC(=O)O)CC2)ccc1Nc1ccc2c(n1)N(C1CCOCC1)[C@H](C)C(=O)N2C. The van der Waals surface area contributed by atoms with Gasteiger partial charge in [-0.1, -0.05) is 0 Å². The van der Waals surface area contributed by atoms with E-state index >= 15 is 0 Å². The number of aromatic nitrogens is 1. The molecule has 1 aromatic carbocycles. The molecule has 2 fully saturated rings. The quantitative estimate of drug-likeness (QED) is 0.396. The van der Waals surface area contributed by atoms with E-state index in [2.05, 4.69) is 20.9 Å². The molecule has 2 aromatic rings. The lowest BCUT2D eigenvalue weighted by molar-refractivity contribution is -0.119. The molecule has 2 aliphatic heterocycles. The predicted molar refractivity (Wildman–Crippen MR) is 154 cm³/mol. The van der Waals surface area contributed by atoms with Crippen LogP contribution in [0.4, 0.5) is 27.8 Å². The Morgan fingerprint density at radius 1 is 1.02 bits per heavy atom. The molecule has 3 amide bonds. The molecule has 1 saturated carbocycles. The number of carbonyl (C=O) groups excluding carboxylic acids is 2. The van der Waals surface area contributed by atoms with Crippen LogP contribution in [0.3, 0.4) is 0 Å². The summed E-state index contributed by atoms with van der Waals surface area (Å²) < 4.78 is 11.2. The van der Waals surface area contributed by atoms with Gasteiger partial charge < -0.3 is 40.3 Å². The number of methoxy groups -OCH3 is 1. The molecule has 3 aliphatic rings. The summed E-state index contributed by atoms with van der Waals surface area (Å²) in [7, 11) is 3.33. The number of pyridine rings is 1. The molecule has 0 bridgehead atoms. The smallest absolute Gasteiger partial charge is 0.404 e. The first-order valence-corrected chi connectivity index (χ1v) is 14.1. The number of hydrogen-bond donors (Lipinski definition) is 4. The standard InChI is InChI=1S/C29H38N6O6/c1-17-28(37)34(2)23-10-11-25(33-26(23)35(17)21-12-14-41-15-13-21)32-22-9-4-18(16-24(22)40-3)27(36)30-19-5-7-20(8-6-19)31-29(38)39/h4,9-11,16-17,19-21,31H,5-8,12-15H2,1-3H3,(H,30,36)(H,32,33)(H,38,39)/t17-,19?,20?/m1/s1. The highest BCUT2D eigenvalue weighted by Gasteiger charge is 2.39. The second-order valence-corrected chi connectivity index (χ2v) is 10.9. The highest BCUT2D eigenvalue weighted by atomic mass is 16.5. The molecule has 3 heterocycles. The number of benzene rings is 1. The number of ether oxygens (including phenoxy) is 2. The zero-order valence-electron chi connectivity index (χ0n) is 23.7. The third-order valence-electron chi connectivity index (χ3n) is 8.27. The molecular weight excluding hydrogens is 528 g/mol. The van der Waals surface area contributed by atoms with Crippen molar-refractivity contribution in [2.45, 2.75) is 69.6 Å². The van der Waals surface area contributed by atoms with Crippen molar-refractivity contribution in [1.82, 2.24) is 15.6 Å². The Morgan fingerprint density at radius 3 is 2.37 bits per heavy atom. The zero-order chi connectivity index (χ0) is 29.1. The minimum absolute atomic E-state index is 0.0103. The first kappa shape index (κ1) is 28.5. The summed E-state index contributed by atoms with van der Waals surface area (Å²) in [4.78, 5) is 45.6. The van der Waals surface area contributed by atoms with Crippen molar-refractivity contribution in [2.24, 2.45) is 0 Å². The van der Waals surface area contributed by atoms with Crippen LogP contribution >= 0.6 is 0 Å². The number of nitrogens with one attached hydrogen (secondary N) is 3. The van der Waals surface area contributed by atoms with Crippen molar-refractivity contribution in [1.29, 1.82) is 0 Å². The number of anilines is 4.